The third-order valence-electron chi connectivity index (χ3n) is 9.59. The monoisotopic (exact) mass is 344 g/mol. The molecule has 0 nitrogen and oxygen atoms in total. The number of hydrogen-bond donors (Lipinski definition) is 0. The Morgan fingerprint density at radius 2 is 1.12 bits per heavy atom. The van der Waals surface area contributed by atoms with Crippen LogP contribution in [-0.4, -0.2) is 0 Å². The Morgan fingerprint density at radius 1 is 0.692 bits per heavy atom. The molecule has 26 heavy (non-hydrogen) atoms. The summed E-state index contributed by atoms with van der Waals surface area (Å²) in [4.78, 5) is 0. The average Bonchev–Trinajstić information content (AvgIpc) is 3.23. The van der Waals surface area contributed by atoms with E-state index in [4.69, 9.17) is 0 Å². The highest BCUT2D eigenvalue weighted by Gasteiger charge is 2.63. The summed E-state index contributed by atoms with van der Waals surface area (Å²) in [5.74, 6) is 13.8. The van der Waals surface area contributed by atoms with Crippen molar-refractivity contribution in [2.75, 3.05) is 0 Å². The van der Waals surface area contributed by atoms with Crippen LogP contribution in [0, 0.1) is 95.7 Å². The van der Waals surface area contributed by atoms with E-state index in [1.54, 1.807) is 35.5 Å². The normalized spacial score (nSPS) is 45.2. The van der Waals surface area contributed by atoms with Crippen LogP contribution in [0.4, 0.5) is 0 Å². The Balaban J connectivity index is 1.13. The van der Waals surface area contributed by atoms with Gasteiger partial charge < -0.3 is 0 Å². The molecule has 0 aromatic rings. The lowest BCUT2D eigenvalue weighted by Gasteiger charge is -2.62. The summed E-state index contributed by atoms with van der Waals surface area (Å²) in [5.41, 5.74) is 1.08. The Morgan fingerprint density at radius 3 is 1.50 bits per heavy atom. The molecular formula is C26H32. The molecule has 0 N–H and O–H groups in total. The van der Waals surface area contributed by atoms with E-state index in [-0.39, 0.29) is 0 Å². The molecular weight excluding hydrogens is 312 g/mol. The van der Waals surface area contributed by atoms with E-state index in [1.807, 2.05) is 0 Å². The van der Waals surface area contributed by atoms with Gasteiger partial charge in [-0.2, -0.15) is 0 Å². The summed E-state index contributed by atoms with van der Waals surface area (Å²) in [6, 6.07) is 0. The van der Waals surface area contributed by atoms with Gasteiger partial charge in [0.1, 0.15) is 0 Å². The van der Waals surface area contributed by atoms with Gasteiger partial charge in [-0.3, -0.25) is 0 Å². The highest BCUT2D eigenvalue weighted by atomic mass is 14.7. The molecule has 8 aliphatic rings. The molecule has 0 saturated heterocycles. The first-order valence-corrected chi connectivity index (χ1v) is 10.9. The van der Waals surface area contributed by atoms with E-state index in [0.717, 1.165) is 23.7 Å². The van der Waals surface area contributed by atoms with Crippen LogP contribution in [0.2, 0.25) is 0 Å². The highest BCUT2D eigenvalue weighted by molar-refractivity contribution is 5.58. The van der Waals surface area contributed by atoms with Crippen LogP contribution in [0.15, 0.2) is 0 Å². The topological polar surface area (TPSA) is 0 Å². The van der Waals surface area contributed by atoms with E-state index in [0.29, 0.717) is 10.8 Å². The van der Waals surface area contributed by atoms with Gasteiger partial charge in [-0.25, -0.2) is 0 Å². The van der Waals surface area contributed by atoms with Crippen LogP contribution >= 0.6 is 0 Å². The average molecular weight is 345 g/mol. The minimum atomic E-state index is 0.542. The van der Waals surface area contributed by atoms with Crippen LogP contribution in [0.1, 0.15) is 66.2 Å². The van der Waals surface area contributed by atoms with E-state index < -0.39 is 0 Å². The van der Waals surface area contributed by atoms with Crippen molar-refractivity contribution in [3.63, 3.8) is 0 Å². The summed E-state index contributed by atoms with van der Waals surface area (Å²) in [7, 11) is 0. The molecule has 0 aliphatic heterocycles. The van der Waals surface area contributed by atoms with Gasteiger partial charge in [0.2, 0.25) is 0 Å². The van der Waals surface area contributed by atoms with Crippen molar-refractivity contribution < 1.29 is 0 Å². The maximum atomic E-state index is 2.51. The molecule has 0 heterocycles. The predicted octanol–water partition coefficient (Wildman–Crippen LogP) is 6.19. The Kier molecular flexibility index (Phi) is 3.46. The third-order valence-corrected chi connectivity index (χ3v) is 9.59. The zero-order chi connectivity index (χ0) is 17.8. The summed E-state index contributed by atoms with van der Waals surface area (Å²) in [6.45, 7) is 10.0. The van der Waals surface area contributed by atoms with Crippen LogP contribution in [0.5, 0.6) is 0 Å². The molecule has 8 saturated carbocycles. The van der Waals surface area contributed by atoms with Crippen molar-refractivity contribution in [3.8, 4) is 0 Å². The fourth-order valence-corrected chi connectivity index (χ4v) is 7.37. The van der Waals surface area contributed by atoms with Gasteiger partial charge >= 0.3 is 0 Å². The van der Waals surface area contributed by atoms with E-state index in [1.165, 1.54) is 38.5 Å². The van der Waals surface area contributed by atoms with Gasteiger partial charge in [0, 0.05) is 0 Å². The summed E-state index contributed by atoms with van der Waals surface area (Å²) >= 11 is 0. The van der Waals surface area contributed by atoms with Gasteiger partial charge in [-0.1, -0.05) is 27.7 Å². The van der Waals surface area contributed by atoms with Crippen molar-refractivity contribution in [2.24, 2.45) is 34.5 Å². The Bertz CT molecular complexity index is 533. The molecule has 0 heteroatoms. The maximum Gasteiger partial charge on any atom is -0.00633 e. The third kappa shape index (κ3) is 2.03. The second kappa shape index (κ2) is 5.33. The molecule has 0 amide bonds. The number of rotatable bonds is 3. The van der Waals surface area contributed by atoms with Gasteiger partial charge in [0.25, 0.3) is 0 Å². The van der Waals surface area contributed by atoms with Gasteiger partial charge in [0.05, 0.1) is 0 Å². The lowest BCUT2D eigenvalue weighted by molar-refractivity contribution is -0.0350. The Labute approximate surface area is 162 Å². The zero-order valence-electron chi connectivity index (χ0n) is 16.9. The molecule has 8 rings (SSSR count). The Hall–Kier alpha value is 0. The van der Waals surface area contributed by atoms with Gasteiger partial charge in [0.15, 0.2) is 0 Å². The first kappa shape index (κ1) is 16.9. The molecule has 4 bridgehead atoms. The van der Waals surface area contributed by atoms with Crippen LogP contribution in [0.3, 0.4) is 0 Å². The largest absolute Gasteiger partial charge is 0.0594 e. The van der Waals surface area contributed by atoms with Crippen molar-refractivity contribution in [1.82, 2.24) is 0 Å². The van der Waals surface area contributed by atoms with Crippen molar-refractivity contribution in [1.29, 1.82) is 0 Å². The minimum Gasteiger partial charge on any atom is -0.0594 e. The second-order valence-corrected chi connectivity index (χ2v) is 11.1. The molecule has 0 unspecified atom stereocenters. The lowest BCUT2D eigenvalue weighted by Crippen LogP contribution is -2.54. The van der Waals surface area contributed by atoms with Crippen LogP contribution in [0.25, 0.3) is 0 Å². The summed E-state index contributed by atoms with van der Waals surface area (Å²) in [6.07, 6.45) is 17.9. The zero-order valence-corrected chi connectivity index (χ0v) is 16.9. The van der Waals surface area contributed by atoms with Gasteiger partial charge in [-0.05, 0) is 134 Å². The van der Waals surface area contributed by atoms with Gasteiger partial charge in [-0.15, -0.1) is 0 Å². The molecule has 10 radical (unpaired) electrons. The first-order chi connectivity index (χ1) is 12.4. The predicted molar refractivity (Wildman–Crippen MR) is 106 cm³/mol. The van der Waals surface area contributed by atoms with E-state index in [9.17, 15) is 0 Å². The fourth-order valence-electron chi connectivity index (χ4n) is 7.37. The number of hydrogen-bond acceptors (Lipinski definition) is 0. The smallest absolute Gasteiger partial charge is 0.00633 e. The molecule has 0 aromatic heterocycles. The van der Waals surface area contributed by atoms with Crippen molar-refractivity contribution >= 4 is 0 Å². The molecule has 8 fully saturated rings. The fraction of sp³-hybridized carbons (Fsp3) is 0.615. The molecule has 0 aromatic carbocycles. The summed E-state index contributed by atoms with van der Waals surface area (Å²) < 4.78 is 0. The SMILES string of the molecule is CC1(C)[C@H]2C[C]3[CH][CH][C](CC[C]4[CH][CH][C]5C[C@H]6C[C@@H]([C]45)C6(C)C)[C]3[C@@H]1C2. The molecule has 8 aliphatic carbocycles. The second-order valence-electron chi connectivity index (χ2n) is 11.1. The van der Waals surface area contributed by atoms with Crippen LogP contribution in [-0.2, 0) is 0 Å². The van der Waals surface area contributed by atoms with Crippen LogP contribution < -0.4 is 0 Å². The first-order valence-electron chi connectivity index (χ1n) is 10.9. The minimum absolute atomic E-state index is 0.542. The summed E-state index contributed by atoms with van der Waals surface area (Å²) in [5, 5.41) is 0. The molecule has 0 spiro atoms. The highest BCUT2D eigenvalue weighted by Crippen LogP contribution is 2.72. The van der Waals surface area contributed by atoms with E-state index in [2.05, 4.69) is 53.4 Å². The standard InChI is InChI=1S/C26H32/c1-25(2)19-11-17-9-7-15(23(17)21(25)13-19)5-6-16-8-10-18-12-20-14-22(24(16)18)26(20,3)4/h7-10,19-22H,5-6,11-14H2,1-4H3/t19-,20-,21-,22-/m0/s1. The lowest BCUT2D eigenvalue weighted by atomic mass is 9.42. The van der Waals surface area contributed by atoms with Crippen molar-refractivity contribution in [2.45, 2.75) is 66.2 Å². The molecule has 4 atom stereocenters. The van der Waals surface area contributed by atoms with E-state index >= 15 is 0 Å². The quantitative estimate of drug-likeness (QED) is 0.572. The van der Waals surface area contributed by atoms with Crippen molar-refractivity contribution in [3.05, 3.63) is 61.2 Å². The molecule has 136 valence electrons. The maximum absolute atomic E-state index is 2.51.